The fraction of sp³-hybridized carbons (Fsp3) is 0.143. The van der Waals surface area contributed by atoms with Gasteiger partial charge >= 0.3 is 0 Å². The molecule has 19 heavy (non-hydrogen) atoms. The van der Waals surface area contributed by atoms with Gasteiger partial charge in [-0.25, -0.2) is 0 Å². The van der Waals surface area contributed by atoms with Gasteiger partial charge in [-0.15, -0.1) is 0 Å². The molecule has 0 saturated heterocycles. The summed E-state index contributed by atoms with van der Waals surface area (Å²) < 4.78 is 1.06. The van der Waals surface area contributed by atoms with E-state index in [1.165, 1.54) is 5.56 Å². The van der Waals surface area contributed by atoms with Gasteiger partial charge < -0.3 is 0 Å². The summed E-state index contributed by atoms with van der Waals surface area (Å²) in [7, 11) is 0. The molecule has 0 aliphatic carbocycles. The number of benzene rings is 2. The topological polar surface area (TPSA) is 38.0 Å². The first-order valence-electron chi connectivity index (χ1n) is 5.75. The third-order valence-corrected chi connectivity index (χ3v) is 4.17. The van der Waals surface area contributed by atoms with Gasteiger partial charge in [-0.05, 0) is 41.8 Å². The molecule has 2 aromatic rings. The number of hydrogen-bond acceptors (Lipinski definition) is 2. The van der Waals surface area contributed by atoms with Crippen molar-refractivity contribution in [2.45, 2.75) is 12.5 Å². The van der Waals surface area contributed by atoms with Crippen LogP contribution >= 0.6 is 39.1 Å². The van der Waals surface area contributed by atoms with Gasteiger partial charge in [0, 0.05) is 4.47 Å². The molecule has 0 bridgehead atoms. The van der Waals surface area contributed by atoms with E-state index < -0.39 is 0 Å². The normalized spacial score (nSPS) is 12.4. The molecule has 0 heterocycles. The summed E-state index contributed by atoms with van der Waals surface area (Å²) >= 11 is 15.4. The lowest BCUT2D eigenvalue weighted by Crippen LogP contribution is -2.29. The van der Waals surface area contributed by atoms with E-state index in [-0.39, 0.29) is 6.04 Å². The van der Waals surface area contributed by atoms with Crippen molar-refractivity contribution in [3.8, 4) is 0 Å². The molecule has 1 unspecified atom stereocenters. The Balaban J connectivity index is 2.19. The SMILES string of the molecule is NNC(Cc1ccc(Br)cc1)c1ccc(Cl)c(Cl)c1. The van der Waals surface area contributed by atoms with Gasteiger partial charge in [0.2, 0.25) is 0 Å². The van der Waals surface area contributed by atoms with E-state index in [9.17, 15) is 0 Å². The highest BCUT2D eigenvalue weighted by Gasteiger charge is 2.12. The molecular formula is C14H13BrCl2N2. The van der Waals surface area contributed by atoms with Crippen molar-refractivity contribution in [2.75, 3.05) is 0 Å². The Morgan fingerprint density at radius 2 is 1.74 bits per heavy atom. The molecule has 3 N–H and O–H groups in total. The molecule has 1 atom stereocenters. The maximum Gasteiger partial charge on any atom is 0.0595 e. The zero-order valence-electron chi connectivity index (χ0n) is 10.0. The van der Waals surface area contributed by atoms with E-state index in [4.69, 9.17) is 29.0 Å². The smallest absolute Gasteiger partial charge is 0.0595 e. The van der Waals surface area contributed by atoms with Gasteiger partial charge in [0.1, 0.15) is 0 Å². The van der Waals surface area contributed by atoms with Gasteiger partial charge in [-0.2, -0.15) is 0 Å². The van der Waals surface area contributed by atoms with Crippen LogP contribution in [0, 0.1) is 0 Å². The van der Waals surface area contributed by atoms with Crippen LogP contribution in [0.2, 0.25) is 10.0 Å². The second kappa shape index (κ2) is 6.73. The van der Waals surface area contributed by atoms with Crippen molar-refractivity contribution < 1.29 is 0 Å². The largest absolute Gasteiger partial charge is 0.271 e. The first kappa shape index (κ1) is 14.8. The lowest BCUT2D eigenvalue weighted by atomic mass is 9.99. The summed E-state index contributed by atoms with van der Waals surface area (Å²) in [5, 5.41) is 1.08. The Hall–Kier alpha value is -0.580. The van der Waals surface area contributed by atoms with Crippen molar-refractivity contribution >= 4 is 39.1 Å². The van der Waals surface area contributed by atoms with Crippen molar-refractivity contribution in [3.63, 3.8) is 0 Å². The molecule has 0 radical (unpaired) electrons. The van der Waals surface area contributed by atoms with Crippen LogP contribution in [-0.4, -0.2) is 0 Å². The fourth-order valence-corrected chi connectivity index (χ4v) is 2.43. The second-order valence-corrected chi connectivity index (χ2v) is 5.95. The number of halogens is 3. The Labute approximate surface area is 131 Å². The van der Waals surface area contributed by atoms with Crippen molar-refractivity contribution in [2.24, 2.45) is 5.84 Å². The Kier molecular flexibility index (Phi) is 5.25. The molecule has 0 saturated carbocycles. The van der Waals surface area contributed by atoms with Gasteiger partial charge in [-0.1, -0.05) is 57.3 Å². The highest BCUT2D eigenvalue weighted by molar-refractivity contribution is 9.10. The summed E-state index contributed by atoms with van der Waals surface area (Å²) in [4.78, 5) is 0. The summed E-state index contributed by atoms with van der Waals surface area (Å²) in [6, 6.07) is 13.7. The summed E-state index contributed by atoms with van der Waals surface area (Å²) in [5.74, 6) is 5.64. The quantitative estimate of drug-likeness (QED) is 0.622. The molecule has 0 fully saturated rings. The van der Waals surface area contributed by atoms with Crippen LogP contribution in [0.15, 0.2) is 46.9 Å². The predicted molar refractivity (Wildman–Crippen MR) is 84.4 cm³/mol. The summed E-state index contributed by atoms with van der Waals surface area (Å²) in [5.41, 5.74) is 5.02. The molecule has 100 valence electrons. The Bertz CT molecular complexity index is 558. The highest BCUT2D eigenvalue weighted by atomic mass is 79.9. The average Bonchev–Trinajstić information content (AvgIpc) is 2.41. The predicted octanol–water partition coefficient (Wildman–Crippen LogP) is 4.50. The zero-order chi connectivity index (χ0) is 13.8. The third-order valence-electron chi connectivity index (χ3n) is 2.90. The minimum atomic E-state index is -0.00376. The monoisotopic (exact) mass is 358 g/mol. The first-order valence-corrected chi connectivity index (χ1v) is 7.30. The van der Waals surface area contributed by atoms with Crippen LogP contribution in [0.25, 0.3) is 0 Å². The number of nitrogens with two attached hydrogens (primary N) is 1. The fourth-order valence-electron chi connectivity index (χ4n) is 1.86. The number of rotatable bonds is 4. The Morgan fingerprint density at radius 1 is 1.05 bits per heavy atom. The van der Waals surface area contributed by atoms with E-state index in [1.807, 2.05) is 24.3 Å². The van der Waals surface area contributed by atoms with E-state index >= 15 is 0 Å². The molecular weight excluding hydrogens is 347 g/mol. The minimum absolute atomic E-state index is 0.00376. The molecule has 0 aromatic heterocycles. The molecule has 0 spiro atoms. The van der Waals surface area contributed by atoms with Crippen molar-refractivity contribution in [1.82, 2.24) is 5.43 Å². The van der Waals surface area contributed by atoms with Crippen LogP contribution < -0.4 is 11.3 Å². The van der Waals surface area contributed by atoms with Gasteiger partial charge in [0.15, 0.2) is 0 Å². The molecule has 0 amide bonds. The van der Waals surface area contributed by atoms with E-state index in [2.05, 4.69) is 33.5 Å². The van der Waals surface area contributed by atoms with Gasteiger partial charge in [-0.3, -0.25) is 11.3 Å². The van der Waals surface area contributed by atoms with E-state index in [0.29, 0.717) is 10.0 Å². The van der Waals surface area contributed by atoms with Gasteiger partial charge in [0.05, 0.1) is 16.1 Å². The minimum Gasteiger partial charge on any atom is -0.271 e. The number of nitrogens with one attached hydrogen (secondary N) is 1. The number of hydrogen-bond donors (Lipinski definition) is 2. The average molecular weight is 360 g/mol. The lowest BCUT2D eigenvalue weighted by Gasteiger charge is -2.17. The van der Waals surface area contributed by atoms with Crippen LogP contribution in [-0.2, 0) is 6.42 Å². The van der Waals surface area contributed by atoms with Crippen molar-refractivity contribution in [1.29, 1.82) is 0 Å². The van der Waals surface area contributed by atoms with Gasteiger partial charge in [0.25, 0.3) is 0 Å². The standard InChI is InChI=1S/C14H13BrCl2N2/c15-11-4-1-9(2-5-11)7-14(19-18)10-3-6-12(16)13(17)8-10/h1-6,8,14,19H,7,18H2. The molecule has 2 nitrogen and oxygen atoms in total. The highest BCUT2D eigenvalue weighted by Crippen LogP contribution is 2.27. The summed E-state index contributed by atoms with van der Waals surface area (Å²) in [6.45, 7) is 0. The molecule has 0 aliphatic rings. The maximum absolute atomic E-state index is 6.03. The zero-order valence-corrected chi connectivity index (χ0v) is 13.1. The van der Waals surface area contributed by atoms with Crippen molar-refractivity contribution in [3.05, 3.63) is 68.1 Å². The maximum atomic E-state index is 6.03. The molecule has 2 rings (SSSR count). The Morgan fingerprint density at radius 3 is 2.32 bits per heavy atom. The van der Waals surface area contributed by atoms with E-state index in [1.54, 1.807) is 6.07 Å². The van der Waals surface area contributed by atoms with E-state index in [0.717, 1.165) is 16.5 Å². The molecule has 5 heteroatoms. The second-order valence-electron chi connectivity index (χ2n) is 4.22. The lowest BCUT2D eigenvalue weighted by molar-refractivity contribution is 0.552. The van der Waals surface area contributed by atoms with Crippen LogP contribution in [0.1, 0.15) is 17.2 Å². The molecule has 0 aliphatic heterocycles. The summed E-state index contributed by atoms with van der Waals surface area (Å²) in [6.07, 6.45) is 0.780. The third kappa shape index (κ3) is 3.94. The molecule has 2 aromatic carbocycles. The number of hydrazine groups is 1. The van der Waals surface area contributed by atoms with Crippen LogP contribution in [0.3, 0.4) is 0 Å². The van der Waals surface area contributed by atoms with Crippen LogP contribution in [0.4, 0.5) is 0 Å². The van der Waals surface area contributed by atoms with Crippen LogP contribution in [0.5, 0.6) is 0 Å². The first-order chi connectivity index (χ1) is 9.10.